The van der Waals surface area contributed by atoms with Crippen molar-refractivity contribution < 1.29 is 28.0 Å². The number of hydrogen-bond acceptors (Lipinski definition) is 3. The van der Waals surface area contributed by atoms with Gasteiger partial charge in [-0.1, -0.05) is 49.6 Å². The molecule has 34 heavy (non-hydrogen) atoms. The minimum atomic E-state index is -2.87. The van der Waals surface area contributed by atoms with Crippen molar-refractivity contribution in [1.29, 1.82) is 0 Å². The van der Waals surface area contributed by atoms with Crippen molar-refractivity contribution in [2.75, 3.05) is 6.61 Å². The molecule has 7 heteroatoms. The van der Waals surface area contributed by atoms with Crippen molar-refractivity contribution in [2.24, 2.45) is 11.8 Å². The lowest BCUT2D eigenvalue weighted by atomic mass is 9.80. The number of esters is 1. The molecule has 2 atom stereocenters. The van der Waals surface area contributed by atoms with Crippen LogP contribution in [0.1, 0.15) is 69.2 Å². The molecule has 2 aliphatic rings. The number of rotatable bonds is 9. The lowest BCUT2D eigenvalue weighted by Crippen LogP contribution is -2.44. The van der Waals surface area contributed by atoms with Crippen molar-refractivity contribution in [3.05, 3.63) is 54.1 Å². The number of halogens is 2. The Bertz CT molecular complexity index is 956. The number of hydrogen-bond donors (Lipinski definition) is 1. The summed E-state index contributed by atoms with van der Waals surface area (Å²) in [5.74, 6) is -2.66. The van der Waals surface area contributed by atoms with Crippen LogP contribution in [0.25, 0.3) is 0 Å². The first-order valence-corrected chi connectivity index (χ1v) is 12.7. The Balaban J connectivity index is 1.34. The van der Waals surface area contributed by atoms with Crippen LogP contribution in [-0.2, 0) is 28.2 Å². The van der Waals surface area contributed by atoms with Crippen LogP contribution in [0.15, 0.2) is 42.7 Å². The Labute approximate surface area is 200 Å². The first-order valence-electron chi connectivity index (χ1n) is 12.7. The third-order valence-electron chi connectivity index (χ3n) is 7.73. The van der Waals surface area contributed by atoms with Crippen LogP contribution >= 0.6 is 0 Å². The maximum Gasteiger partial charge on any atom is 0.343 e. The number of aryl methyl sites for hydroxylation is 1. The first-order chi connectivity index (χ1) is 16.3. The molecule has 1 N–H and O–H groups in total. The Morgan fingerprint density at radius 2 is 1.94 bits per heavy atom. The van der Waals surface area contributed by atoms with E-state index >= 15 is 0 Å². The average molecular weight is 476 g/mol. The van der Waals surface area contributed by atoms with Crippen LogP contribution < -0.4 is 4.57 Å². The maximum atomic E-state index is 13.9. The van der Waals surface area contributed by atoms with Crippen LogP contribution in [0.3, 0.4) is 0 Å². The summed E-state index contributed by atoms with van der Waals surface area (Å²) in [6.45, 7) is 3.95. The SMILES string of the molecule is Cc1n(CCCOC(=O)[C@](O)(c2ccccc2)[C@@H]2CCC(F)(F)C2)cc[n+]1CC1CCCCC1. The van der Waals surface area contributed by atoms with Crippen LogP contribution in [0.5, 0.6) is 0 Å². The molecule has 4 rings (SSSR count). The molecule has 2 aliphatic carbocycles. The van der Waals surface area contributed by atoms with E-state index in [1.165, 1.54) is 37.9 Å². The van der Waals surface area contributed by atoms with E-state index in [0.29, 0.717) is 18.5 Å². The number of alkyl halides is 2. The number of ether oxygens (including phenoxy) is 1. The standard InChI is InChI=1S/C27H37F2N2O3/c1-21-30(16-17-31(21)20-22-9-4-2-5-10-22)15-8-18-34-25(32)27(33,23-11-6-3-7-12-23)24-13-14-26(28,29)19-24/h3,6-7,11-12,16-17,22,24,33H,2,4-5,8-10,13-15,18-20H2,1H3/q+1/t24-,27+/m1/s1. The highest BCUT2D eigenvalue weighted by molar-refractivity contribution is 5.81. The number of benzene rings is 1. The fraction of sp³-hybridized carbons (Fsp3) is 0.630. The van der Waals surface area contributed by atoms with Crippen LogP contribution in [0.2, 0.25) is 0 Å². The second-order valence-electron chi connectivity index (χ2n) is 10.1. The lowest BCUT2D eigenvalue weighted by Gasteiger charge is -2.32. The van der Waals surface area contributed by atoms with Crippen molar-refractivity contribution in [1.82, 2.24) is 4.57 Å². The third kappa shape index (κ3) is 5.51. The molecule has 186 valence electrons. The van der Waals surface area contributed by atoms with Gasteiger partial charge in [0.2, 0.25) is 5.92 Å². The lowest BCUT2D eigenvalue weighted by molar-refractivity contribution is -0.709. The Kier molecular flexibility index (Phi) is 7.70. The molecule has 0 radical (unpaired) electrons. The van der Waals surface area contributed by atoms with Crippen molar-refractivity contribution >= 4 is 5.97 Å². The smallest absolute Gasteiger partial charge is 0.343 e. The van der Waals surface area contributed by atoms with E-state index in [9.17, 15) is 18.7 Å². The van der Waals surface area contributed by atoms with Gasteiger partial charge in [0.15, 0.2) is 5.60 Å². The third-order valence-corrected chi connectivity index (χ3v) is 7.73. The monoisotopic (exact) mass is 475 g/mol. The van der Waals surface area contributed by atoms with Gasteiger partial charge in [0, 0.05) is 32.1 Å². The predicted molar refractivity (Wildman–Crippen MR) is 124 cm³/mol. The molecule has 1 heterocycles. The summed E-state index contributed by atoms with van der Waals surface area (Å²) < 4.78 is 37.8. The molecular formula is C27H37F2N2O3+. The summed E-state index contributed by atoms with van der Waals surface area (Å²) in [6.07, 6.45) is 10.6. The summed E-state index contributed by atoms with van der Waals surface area (Å²) in [4.78, 5) is 13.0. The van der Waals surface area contributed by atoms with Gasteiger partial charge < -0.3 is 9.84 Å². The van der Waals surface area contributed by atoms with E-state index in [0.717, 1.165) is 12.5 Å². The molecule has 0 bridgehead atoms. The second-order valence-corrected chi connectivity index (χ2v) is 10.1. The van der Waals surface area contributed by atoms with Crippen molar-refractivity contribution in [3.8, 4) is 0 Å². The van der Waals surface area contributed by atoms with Crippen molar-refractivity contribution in [3.63, 3.8) is 0 Å². The van der Waals surface area contributed by atoms with Gasteiger partial charge in [0.1, 0.15) is 12.4 Å². The van der Waals surface area contributed by atoms with Gasteiger partial charge in [-0.2, -0.15) is 0 Å². The zero-order valence-electron chi connectivity index (χ0n) is 20.1. The summed E-state index contributed by atoms with van der Waals surface area (Å²) in [5, 5.41) is 11.4. The van der Waals surface area contributed by atoms with Crippen molar-refractivity contribution in [2.45, 2.75) is 89.3 Å². The Hall–Kier alpha value is -2.28. The van der Waals surface area contributed by atoms with E-state index in [-0.39, 0.29) is 19.4 Å². The van der Waals surface area contributed by atoms with Crippen LogP contribution in [-0.4, -0.2) is 28.2 Å². The molecule has 2 fully saturated rings. The molecule has 1 aromatic carbocycles. The number of carbonyl (C=O) groups excluding carboxylic acids is 1. The average Bonchev–Trinajstić information content (AvgIpc) is 3.39. The zero-order valence-corrected chi connectivity index (χ0v) is 20.1. The summed E-state index contributed by atoms with van der Waals surface area (Å²) in [7, 11) is 0. The van der Waals surface area contributed by atoms with Crippen LogP contribution in [0.4, 0.5) is 8.78 Å². The molecule has 5 nitrogen and oxygen atoms in total. The van der Waals surface area contributed by atoms with Gasteiger partial charge in [-0.25, -0.2) is 22.7 Å². The van der Waals surface area contributed by atoms with Crippen LogP contribution in [0, 0.1) is 18.8 Å². The summed E-state index contributed by atoms with van der Waals surface area (Å²) in [6, 6.07) is 8.35. The zero-order chi connectivity index (χ0) is 24.2. The molecule has 0 aliphatic heterocycles. The second kappa shape index (κ2) is 10.5. The molecule has 1 aromatic heterocycles. The minimum absolute atomic E-state index is 0.0804. The molecule has 0 saturated heterocycles. The van der Waals surface area contributed by atoms with E-state index in [4.69, 9.17) is 4.74 Å². The quantitative estimate of drug-likeness (QED) is 0.318. The molecule has 2 aromatic rings. The fourth-order valence-electron chi connectivity index (χ4n) is 5.65. The summed E-state index contributed by atoms with van der Waals surface area (Å²) >= 11 is 0. The van der Waals surface area contributed by atoms with E-state index in [1.54, 1.807) is 30.3 Å². The first kappa shape index (κ1) is 24.8. The highest BCUT2D eigenvalue weighted by Gasteiger charge is 2.54. The normalized spacial score (nSPS) is 22.4. The number of aromatic nitrogens is 2. The Morgan fingerprint density at radius 1 is 1.21 bits per heavy atom. The van der Waals surface area contributed by atoms with Gasteiger partial charge in [-0.05, 0) is 30.7 Å². The number of imidazole rings is 1. The minimum Gasteiger partial charge on any atom is -0.463 e. The fourth-order valence-corrected chi connectivity index (χ4v) is 5.65. The van der Waals surface area contributed by atoms with E-state index < -0.39 is 29.8 Å². The largest absolute Gasteiger partial charge is 0.463 e. The molecule has 2 saturated carbocycles. The van der Waals surface area contributed by atoms with Gasteiger partial charge >= 0.3 is 5.97 Å². The van der Waals surface area contributed by atoms with E-state index in [1.807, 2.05) is 0 Å². The number of nitrogens with zero attached hydrogens (tertiary/aromatic N) is 2. The highest BCUT2D eigenvalue weighted by atomic mass is 19.3. The maximum absolute atomic E-state index is 13.9. The van der Waals surface area contributed by atoms with Gasteiger partial charge in [0.05, 0.1) is 19.7 Å². The Morgan fingerprint density at radius 3 is 2.62 bits per heavy atom. The molecule has 0 spiro atoms. The van der Waals surface area contributed by atoms with Gasteiger partial charge in [-0.3, -0.25) is 0 Å². The molecule has 0 unspecified atom stereocenters. The molecule has 0 amide bonds. The number of carbonyl (C=O) groups is 1. The van der Waals surface area contributed by atoms with E-state index in [2.05, 4.69) is 28.5 Å². The topological polar surface area (TPSA) is 55.3 Å². The highest BCUT2D eigenvalue weighted by Crippen LogP contribution is 2.47. The number of aliphatic hydroxyl groups is 1. The van der Waals surface area contributed by atoms with Gasteiger partial charge in [0.25, 0.3) is 5.82 Å². The summed E-state index contributed by atoms with van der Waals surface area (Å²) in [5.41, 5.74) is -1.75. The predicted octanol–water partition coefficient (Wildman–Crippen LogP) is 4.92. The van der Waals surface area contributed by atoms with Gasteiger partial charge in [-0.15, -0.1) is 0 Å². The molecular weight excluding hydrogens is 438 g/mol.